The Morgan fingerprint density at radius 3 is 2.62 bits per heavy atom. The lowest BCUT2D eigenvalue weighted by Crippen LogP contribution is -2.41. The van der Waals surface area contributed by atoms with Crippen LogP contribution in [0.4, 0.5) is 4.39 Å². The van der Waals surface area contributed by atoms with E-state index in [1.165, 1.54) is 12.1 Å². The van der Waals surface area contributed by atoms with Crippen molar-refractivity contribution in [3.8, 4) is 0 Å². The van der Waals surface area contributed by atoms with E-state index in [1.54, 1.807) is 17.0 Å². The van der Waals surface area contributed by atoms with Gasteiger partial charge in [0.15, 0.2) is 0 Å². The number of nitrogens with zero attached hydrogens (tertiary/aromatic N) is 1. The number of hydrogen-bond donors (Lipinski definition) is 1. The van der Waals surface area contributed by atoms with E-state index < -0.39 is 0 Å². The van der Waals surface area contributed by atoms with Crippen molar-refractivity contribution in [2.75, 3.05) is 13.1 Å². The first-order valence-corrected chi connectivity index (χ1v) is 7.03. The van der Waals surface area contributed by atoms with Gasteiger partial charge in [-0.1, -0.05) is 30.3 Å². The second-order valence-corrected chi connectivity index (χ2v) is 5.32. The predicted octanol–water partition coefficient (Wildman–Crippen LogP) is 2.52. The molecule has 2 N–H and O–H groups in total. The number of rotatable bonds is 3. The number of halogens is 1. The van der Waals surface area contributed by atoms with Crippen LogP contribution in [0.25, 0.3) is 0 Å². The van der Waals surface area contributed by atoms with Crippen LogP contribution in [-0.4, -0.2) is 23.9 Å². The molecule has 0 bridgehead atoms. The van der Waals surface area contributed by atoms with E-state index in [4.69, 9.17) is 5.73 Å². The summed E-state index contributed by atoms with van der Waals surface area (Å²) in [4.78, 5) is 14.2. The van der Waals surface area contributed by atoms with Crippen LogP contribution in [0.15, 0.2) is 48.5 Å². The zero-order valence-electron chi connectivity index (χ0n) is 11.6. The van der Waals surface area contributed by atoms with Crippen LogP contribution in [0.1, 0.15) is 27.5 Å². The topological polar surface area (TPSA) is 46.3 Å². The molecule has 3 nitrogen and oxygen atoms in total. The molecule has 1 aliphatic heterocycles. The van der Waals surface area contributed by atoms with E-state index >= 15 is 0 Å². The Morgan fingerprint density at radius 2 is 1.86 bits per heavy atom. The summed E-state index contributed by atoms with van der Waals surface area (Å²) in [7, 11) is 0. The molecule has 108 valence electrons. The first-order chi connectivity index (χ1) is 10.1. The highest BCUT2D eigenvalue weighted by molar-refractivity contribution is 5.96. The van der Waals surface area contributed by atoms with Gasteiger partial charge in [-0.2, -0.15) is 0 Å². The smallest absolute Gasteiger partial charge is 0.254 e. The zero-order valence-corrected chi connectivity index (χ0v) is 11.6. The summed E-state index contributed by atoms with van der Waals surface area (Å²) in [6, 6.07) is 13.5. The molecule has 0 radical (unpaired) electrons. The van der Waals surface area contributed by atoms with Gasteiger partial charge in [0.1, 0.15) is 5.82 Å². The quantitative estimate of drug-likeness (QED) is 0.941. The monoisotopic (exact) mass is 284 g/mol. The molecular weight excluding hydrogens is 267 g/mol. The minimum Gasteiger partial charge on any atom is -0.336 e. The molecule has 0 saturated carbocycles. The summed E-state index contributed by atoms with van der Waals surface area (Å²) >= 11 is 0. The highest BCUT2D eigenvalue weighted by atomic mass is 19.1. The standard InChI is InChI=1S/C17H17FN2O/c18-14-7-5-13(6-8-14)16(19)11-20-10-9-12-3-1-2-4-15(12)17(20)21/h1-8,16H,9-11,19H2. The molecule has 2 aromatic rings. The van der Waals surface area contributed by atoms with Gasteiger partial charge in [0.05, 0.1) is 0 Å². The normalized spacial score (nSPS) is 15.7. The molecule has 1 aliphatic rings. The summed E-state index contributed by atoms with van der Waals surface area (Å²) < 4.78 is 12.9. The molecule has 1 unspecified atom stereocenters. The molecule has 3 rings (SSSR count). The van der Waals surface area contributed by atoms with Gasteiger partial charge in [0, 0.05) is 24.7 Å². The first kappa shape index (κ1) is 13.8. The fourth-order valence-electron chi connectivity index (χ4n) is 2.70. The van der Waals surface area contributed by atoms with Gasteiger partial charge < -0.3 is 10.6 Å². The Labute approximate surface area is 123 Å². The van der Waals surface area contributed by atoms with Crippen LogP contribution in [0.3, 0.4) is 0 Å². The Balaban J connectivity index is 1.74. The minimum absolute atomic E-state index is 0.0226. The van der Waals surface area contributed by atoms with Crippen LogP contribution in [0, 0.1) is 5.82 Å². The van der Waals surface area contributed by atoms with Gasteiger partial charge in [-0.25, -0.2) is 4.39 Å². The largest absolute Gasteiger partial charge is 0.336 e. The number of benzene rings is 2. The van der Waals surface area contributed by atoms with E-state index in [9.17, 15) is 9.18 Å². The maximum absolute atomic E-state index is 12.9. The molecule has 21 heavy (non-hydrogen) atoms. The van der Waals surface area contributed by atoms with Crippen LogP contribution < -0.4 is 5.73 Å². The molecule has 1 heterocycles. The molecule has 4 heteroatoms. The van der Waals surface area contributed by atoms with E-state index in [1.807, 2.05) is 24.3 Å². The molecule has 0 fully saturated rings. The molecule has 0 spiro atoms. The van der Waals surface area contributed by atoms with Crippen molar-refractivity contribution >= 4 is 5.91 Å². The number of carbonyl (C=O) groups is 1. The fourth-order valence-corrected chi connectivity index (χ4v) is 2.70. The summed E-state index contributed by atoms with van der Waals surface area (Å²) in [5.41, 5.74) is 8.83. The van der Waals surface area contributed by atoms with E-state index in [2.05, 4.69) is 0 Å². The number of amides is 1. The van der Waals surface area contributed by atoms with E-state index in [-0.39, 0.29) is 17.8 Å². The lowest BCUT2D eigenvalue weighted by atomic mass is 9.98. The Bertz CT molecular complexity index is 654. The summed E-state index contributed by atoms with van der Waals surface area (Å²) in [6.45, 7) is 1.11. The van der Waals surface area contributed by atoms with Crippen LogP contribution in [0.2, 0.25) is 0 Å². The summed E-state index contributed by atoms with van der Waals surface area (Å²) in [6.07, 6.45) is 0.845. The summed E-state index contributed by atoms with van der Waals surface area (Å²) in [5.74, 6) is -0.261. The van der Waals surface area contributed by atoms with Crippen molar-refractivity contribution in [2.45, 2.75) is 12.5 Å². The minimum atomic E-state index is -0.306. The van der Waals surface area contributed by atoms with E-state index in [0.717, 1.165) is 23.1 Å². The van der Waals surface area contributed by atoms with Gasteiger partial charge in [-0.3, -0.25) is 4.79 Å². The number of carbonyl (C=O) groups excluding carboxylic acids is 1. The Morgan fingerprint density at radius 1 is 1.14 bits per heavy atom. The molecule has 0 aliphatic carbocycles. The van der Waals surface area contributed by atoms with Gasteiger partial charge >= 0.3 is 0 Å². The lowest BCUT2D eigenvalue weighted by Gasteiger charge is -2.30. The highest BCUT2D eigenvalue weighted by Crippen LogP contribution is 2.21. The second-order valence-electron chi connectivity index (χ2n) is 5.32. The van der Waals surface area contributed by atoms with Crippen molar-refractivity contribution in [2.24, 2.45) is 5.73 Å². The molecule has 0 saturated heterocycles. The van der Waals surface area contributed by atoms with Crippen LogP contribution in [0.5, 0.6) is 0 Å². The average molecular weight is 284 g/mol. The van der Waals surface area contributed by atoms with Crippen molar-refractivity contribution < 1.29 is 9.18 Å². The van der Waals surface area contributed by atoms with Crippen molar-refractivity contribution in [3.05, 3.63) is 71.0 Å². The maximum atomic E-state index is 12.9. The number of hydrogen-bond acceptors (Lipinski definition) is 2. The van der Waals surface area contributed by atoms with Gasteiger partial charge in [-0.05, 0) is 35.7 Å². The van der Waals surface area contributed by atoms with Crippen LogP contribution in [-0.2, 0) is 6.42 Å². The SMILES string of the molecule is NC(CN1CCc2ccccc2C1=O)c1ccc(F)cc1. The molecule has 2 aromatic carbocycles. The fraction of sp³-hybridized carbons (Fsp3) is 0.235. The highest BCUT2D eigenvalue weighted by Gasteiger charge is 2.25. The third kappa shape index (κ3) is 2.81. The summed E-state index contributed by atoms with van der Waals surface area (Å²) in [5, 5.41) is 0. The van der Waals surface area contributed by atoms with Crippen molar-refractivity contribution in [1.29, 1.82) is 0 Å². The zero-order chi connectivity index (χ0) is 14.8. The van der Waals surface area contributed by atoms with Crippen LogP contribution >= 0.6 is 0 Å². The second kappa shape index (κ2) is 5.66. The van der Waals surface area contributed by atoms with Gasteiger partial charge in [0.25, 0.3) is 5.91 Å². The third-order valence-corrected chi connectivity index (χ3v) is 3.90. The lowest BCUT2D eigenvalue weighted by molar-refractivity contribution is 0.0729. The molecule has 1 atom stereocenters. The van der Waals surface area contributed by atoms with E-state index in [0.29, 0.717) is 13.1 Å². The molecule has 1 amide bonds. The first-order valence-electron chi connectivity index (χ1n) is 7.03. The average Bonchev–Trinajstić information content (AvgIpc) is 2.51. The van der Waals surface area contributed by atoms with Crippen molar-refractivity contribution in [3.63, 3.8) is 0 Å². The maximum Gasteiger partial charge on any atom is 0.254 e. The number of nitrogens with two attached hydrogens (primary N) is 1. The molecular formula is C17H17FN2O. The number of fused-ring (bicyclic) bond motifs is 1. The third-order valence-electron chi connectivity index (χ3n) is 3.90. The van der Waals surface area contributed by atoms with Gasteiger partial charge in [0.2, 0.25) is 0 Å². The van der Waals surface area contributed by atoms with Gasteiger partial charge in [-0.15, -0.1) is 0 Å². The Kier molecular flexibility index (Phi) is 3.71. The van der Waals surface area contributed by atoms with Crippen molar-refractivity contribution in [1.82, 2.24) is 4.90 Å². The Hall–Kier alpha value is -2.20. The molecule has 0 aromatic heterocycles. The predicted molar refractivity (Wildman–Crippen MR) is 79.4 cm³/mol.